The summed E-state index contributed by atoms with van der Waals surface area (Å²) < 4.78 is 5.67. The summed E-state index contributed by atoms with van der Waals surface area (Å²) in [5, 5.41) is 18.8. The maximum absolute atomic E-state index is 9.09. The lowest BCUT2D eigenvalue weighted by molar-refractivity contribution is 0.247. The van der Waals surface area contributed by atoms with E-state index in [1.807, 2.05) is 26.0 Å². The van der Waals surface area contributed by atoms with E-state index in [2.05, 4.69) is 0 Å². The summed E-state index contributed by atoms with van der Waals surface area (Å²) in [7, 11) is 0. The molecule has 0 saturated heterocycles. The minimum atomic E-state index is 0.0855. The summed E-state index contributed by atoms with van der Waals surface area (Å²) in [6.07, 6.45) is 0.611. The van der Waals surface area contributed by atoms with Gasteiger partial charge >= 0.3 is 0 Å². The van der Waals surface area contributed by atoms with Crippen molar-refractivity contribution in [2.75, 3.05) is 25.6 Å². The molecule has 0 unspecified atom stereocenters. The van der Waals surface area contributed by atoms with E-state index in [0.717, 1.165) is 27.7 Å². The molecule has 1 aromatic carbocycles. The van der Waals surface area contributed by atoms with Crippen molar-refractivity contribution in [3.05, 3.63) is 28.3 Å². The van der Waals surface area contributed by atoms with Gasteiger partial charge in [-0.3, -0.25) is 0 Å². The molecule has 1 aromatic rings. The molecule has 0 aromatic heterocycles. The summed E-state index contributed by atoms with van der Waals surface area (Å²) in [5.41, 5.74) is 2.02. The second-order valence-electron chi connectivity index (χ2n) is 4.41. The molecule has 3 nitrogen and oxygen atoms in total. The van der Waals surface area contributed by atoms with Crippen LogP contribution in [0.3, 0.4) is 0 Å². The Balaban J connectivity index is 2.37. The predicted molar refractivity (Wildman–Crippen MR) is 81.5 cm³/mol. The summed E-state index contributed by atoms with van der Waals surface area (Å²) in [6, 6.07) is 3.86. The second-order valence-corrected chi connectivity index (χ2v) is 6.19. The standard InChI is InChI=1S/C14H21ClO3S/c1-10-7-12(8-11(2)14(10)15)18-5-6-19-13(9-17)3-4-16/h7-8,13,16-17H,3-6,9H2,1-2H3/t13-/m1/s1. The number of thioether (sulfide) groups is 1. The molecule has 0 aliphatic carbocycles. The van der Waals surface area contributed by atoms with Gasteiger partial charge in [0.25, 0.3) is 0 Å². The Bertz CT molecular complexity index is 375. The van der Waals surface area contributed by atoms with E-state index in [0.29, 0.717) is 13.0 Å². The Morgan fingerprint density at radius 1 is 1.26 bits per heavy atom. The van der Waals surface area contributed by atoms with Crippen molar-refractivity contribution < 1.29 is 14.9 Å². The van der Waals surface area contributed by atoms with Gasteiger partial charge in [0.05, 0.1) is 13.2 Å². The Kier molecular flexibility index (Phi) is 7.61. The largest absolute Gasteiger partial charge is 0.493 e. The Labute approximate surface area is 123 Å². The fourth-order valence-corrected chi connectivity index (χ4v) is 2.73. The molecule has 2 N–H and O–H groups in total. The van der Waals surface area contributed by atoms with Crippen molar-refractivity contribution in [2.24, 2.45) is 0 Å². The van der Waals surface area contributed by atoms with Gasteiger partial charge in [0.2, 0.25) is 0 Å². The van der Waals surface area contributed by atoms with E-state index >= 15 is 0 Å². The van der Waals surface area contributed by atoms with Crippen molar-refractivity contribution in [3.63, 3.8) is 0 Å². The molecule has 1 rings (SSSR count). The van der Waals surface area contributed by atoms with Crippen molar-refractivity contribution in [3.8, 4) is 5.75 Å². The quantitative estimate of drug-likeness (QED) is 0.725. The first kappa shape index (κ1) is 16.6. The number of benzene rings is 1. The highest BCUT2D eigenvalue weighted by atomic mass is 35.5. The van der Waals surface area contributed by atoms with Gasteiger partial charge in [-0.2, -0.15) is 11.8 Å². The van der Waals surface area contributed by atoms with Gasteiger partial charge in [0, 0.05) is 22.6 Å². The molecule has 0 fully saturated rings. The maximum atomic E-state index is 9.09. The van der Waals surface area contributed by atoms with E-state index in [1.54, 1.807) is 11.8 Å². The minimum Gasteiger partial charge on any atom is -0.493 e. The van der Waals surface area contributed by atoms with Crippen LogP contribution in [0.4, 0.5) is 0 Å². The zero-order valence-corrected chi connectivity index (χ0v) is 12.9. The molecule has 0 bridgehead atoms. The molecule has 0 spiro atoms. The summed E-state index contributed by atoms with van der Waals surface area (Å²) in [6.45, 7) is 4.69. The van der Waals surface area contributed by atoms with Crippen molar-refractivity contribution in [1.82, 2.24) is 0 Å². The predicted octanol–water partition coefficient (Wildman–Crippen LogP) is 2.81. The van der Waals surface area contributed by atoms with Crippen LogP contribution in [-0.4, -0.2) is 41.0 Å². The number of ether oxygens (including phenoxy) is 1. The first-order valence-corrected chi connectivity index (χ1v) is 7.74. The average Bonchev–Trinajstić information content (AvgIpc) is 2.39. The lowest BCUT2D eigenvalue weighted by Crippen LogP contribution is -2.13. The second kappa shape index (κ2) is 8.69. The fraction of sp³-hybridized carbons (Fsp3) is 0.571. The van der Waals surface area contributed by atoms with E-state index < -0.39 is 0 Å². The molecule has 108 valence electrons. The smallest absolute Gasteiger partial charge is 0.119 e. The van der Waals surface area contributed by atoms with E-state index in [-0.39, 0.29) is 18.5 Å². The van der Waals surface area contributed by atoms with Gasteiger partial charge in [-0.15, -0.1) is 0 Å². The normalized spacial score (nSPS) is 12.5. The molecule has 19 heavy (non-hydrogen) atoms. The lowest BCUT2D eigenvalue weighted by atomic mass is 10.1. The van der Waals surface area contributed by atoms with Gasteiger partial charge < -0.3 is 14.9 Å². The Hall–Kier alpha value is -0.420. The third-order valence-electron chi connectivity index (χ3n) is 2.77. The zero-order chi connectivity index (χ0) is 14.3. The summed E-state index contributed by atoms with van der Waals surface area (Å²) >= 11 is 7.71. The van der Waals surface area contributed by atoms with E-state index in [9.17, 15) is 0 Å². The first-order valence-electron chi connectivity index (χ1n) is 6.31. The number of aryl methyl sites for hydroxylation is 2. The highest BCUT2D eigenvalue weighted by molar-refractivity contribution is 7.99. The maximum Gasteiger partial charge on any atom is 0.119 e. The van der Waals surface area contributed by atoms with Crippen LogP contribution in [0.25, 0.3) is 0 Å². The number of aliphatic hydroxyl groups is 2. The number of hydrogen-bond acceptors (Lipinski definition) is 4. The van der Waals surface area contributed by atoms with Gasteiger partial charge in [0.1, 0.15) is 5.75 Å². The fourth-order valence-electron chi connectivity index (χ4n) is 1.74. The third kappa shape index (κ3) is 5.61. The van der Waals surface area contributed by atoms with Crippen LogP contribution in [0.1, 0.15) is 17.5 Å². The van der Waals surface area contributed by atoms with Crippen LogP contribution >= 0.6 is 23.4 Å². The van der Waals surface area contributed by atoms with E-state index in [1.165, 1.54) is 0 Å². The molecule has 0 aliphatic rings. The summed E-state index contributed by atoms with van der Waals surface area (Å²) in [4.78, 5) is 0. The molecule has 1 atom stereocenters. The van der Waals surface area contributed by atoms with Crippen LogP contribution in [0.2, 0.25) is 5.02 Å². The van der Waals surface area contributed by atoms with Gasteiger partial charge in [-0.25, -0.2) is 0 Å². The summed E-state index contributed by atoms with van der Waals surface area (Å²) in [5.74, 6) is 1.61. The van der Waals surface area contributed by atoms with Gasteiger partial charge in [-0.1, -0.05) is 11.6 Å². The highest BCUT2D eigenvalue weighted by Gasteiger charge is 2.07. The molecular formula is C14H21ClO3S. The van der Waals surface area contributed by atoms with Crippen molar-refractivity contribution in [2.45, 2.75) is 25.5 Å². The zero-order valence-electron chi connectivity index (χ0n) is 11.4. The molecule has 0 amide bonds. The van der Waals surface area contributed by atoms with Crippen LogP contribution in [0, 0.1) is 13.8 Å². The number of rotatable bonds is 8. The van der Waals surface area contributed by atoms with Crippen LogP contribution in [0.15, 0.2) is 12.1 Å². The molecule has 0 saturated carbocycles. The van der Waals surface area contributed by atoms with Crippen molar-refractivity contribution in [1.29, 1.82) is 0 Å². The number of halogens is 1. The number of aliphatic hydroxyl groups excluding tert-OH is 2. The topological polar surface area (TPSA) is 49.7 Å². The minimum absolute atomic E-state index is 0.0855. The Morgan fingerprint density at radius 3 is 2.42 bits per heavy atom. The molecule has 5 heteroatoms. The van der Waals surface area contributed by atoms with Crippen molar-refractivity contribution >= 4 is 23.4 Å². The van der Waals surface area contributed by atoms with Crippen LogP contribution in [0.5, 0.6) is 5.75 Å². The average molecular weight is 305 g/mol. The molecule has 0 heterocycles. The van der Waals surface area contributed by atoms with Crippen LogP contribution < -0.4 is 4.74 Å². The van der Waals surface area contributed by atoms with Gasteiger partial charge in [0.15, 0.2) is 0 Å². The third-order valence-corrected chi connectivity index (χ3v) is 4.63. The lowest BCUT2D eigenvalue weighted by Gasteiger charge is -2.13. The van der Waals surface area contributed by atoms with Crippen LogP contribution in [-0.2, 0) is 0 Å². The number of hydrogen-bond donors (Lipinski definition) is 2. The molecular weight excluding hydrogens is 284 g/mol. The molecule has 0 radical (unpaired) electrons. The monoisotopic (exact) mass is 304 g/mol. The SMILES string of the molecule is Cc1cc(OCCS[C@@H](CO)CCO)cc(C)c1Cl. The molecule has 0 aliphatic heterocycles. The highest BCUT2D eigenvalue weighted by Crippen LogP contribution is 2.26. The first-order chi connectivity index (χ1) is 9.08. The van der Waals surface area contributed by atoms with Gasteiger partial charge in [-0.05, 0) is 43.5 Å². The Morgan fingerprint density at radius 2 is 1.89 bits per heavy atom. The van der Waals surface area contributed by atoms with E-state index in [4.69, 9.17) is 26.6 Å².